The molecule has 8 bridgehead atoms. The Morgan fingerprint density at radius 2 is 0.989 bits per heavy atom. The van der Waals surface area contributed by atoms with Crippen molar-refractivity contribution in [2.45, 2.75) is 167 Å². The lowest BCUT2D eigenvalue weighted by Crippen LogP contribution is -2.52. The molecule has 9 saturated carbocycles. The number of amides is 3. The lowest BCUT2D eigenvalue weighted by atomic mass is 9.59. The molecule has 3 amide bonds. The fourth-order valence-corrected chi connectivity index (χ4v) is 20.7. The third kappa shape index (κ3) is 12.6. The Morgan fingerprint density at radius 1 is 0.540 bits per heavy atom. The molecule has 14 atom stereocenters. The number of carbonyl (C=O) groups excluding carboxylic acids is 5. The Labute approximate surface area is 521 Å². The highest BCUT2D eigenvalue weighted by Crippen LogP contribution is 2.64. The SMILES string of the molecule is C1COCCN1.Cl.N[C@H]1[C@@H]2CC[C@@H](C2)C12CCCC(C(=O)N1CCOCC1)C2.O=C(C1=CCCC2(C1)/C(=N\O)[C@@H]1CC[C@H]2C1)N1CCOCC1.O=C(C1=CCCC2(C1)C(=O)[C@@H]1CC[C@H]2C1)N1CCOCC1.O=C(O)C1=CCCC2(C1)C(=O)[C@@H]1CC[C@H]2C1. The molecule has 18 nitrogen and oxygen atoms in total. The first-order valence-electron chi connectivity index (χ1n) is 34.0. The van der Waals surface area contributed by atoms with Gasteiger partial charge in [-0.2, -0.15) is 0 Å². The van der Waals surface area contributed by atoms with Crippen LogP contribution in [0.5, 0.6) is 0 Å². The summed E-state index contributed by atoms with van der Waals surface area (Å²) in [6.07, 6.45) is 32.1. The predicted octanol–water partition coefficient (Wildman–Crippen LogP) is 8.12. The van der Waals surface area contributed by atoms with Crippen LogP contribution in [-0.2, 0) is 47.7 Å². The first-order chi connectivity index (χ1) is 41.8. The molecule has 12 aliphatic carbocycles. The van der Waals surface area contributed by atoms with E-state index >= 15 is 0 Å². The number of nitrogens with zero attached hydrogens (tertiary/aromatic N) is 4. The number of rotatable bonds is 4. The van der Waals surface area contributed by atoms with Crippen molar-refractivity contribution in [3.05, 3.63) is 34.9 Å². The monoisotopic (exact) mass is 1230 g/mol. The fraction of sp³-hybridized carbons (Fsp3) is 0.809. The van der Waals surface area contributed by atoms with Crippen LogP contribution in [0, 0.1) is 74.9 Å². The van der Waals surface area contributed by atoms with Gasteiger partial charge in [-0.25, -0.2) is 4.79 Å². The van der Waals surface area contributed by atoms with E-state index in [0.717, 1.165) is 171 Å². The van der Waals surface area contributed by atoms with Crippen LogP contribution in [0.4, 0.5) is 0 Å². The van der Waals surface area contributed by atoms with E-state index < -0.39 is 5.97 Å². The van der Waals surface area contributed by atoms with Crippen LogP contribution in [-0.4, -0.2) is 177 Å². The van der Waals surface area contributed by atoms with Gasteiger partial charge >= 0.3 is 5.97 Å². The summed E-state index contributed by atoms with van der Waals surface area (Å²) in [6.45, 7) is 12.1. The number of hydrogen-bond acceptors (Lipinski definition) is 14. The van der Waals surface area contributed by atoms with Crippen molar-refractivity contribution in [2.75, 3.05) is 105 Å². The average Bonchev–Trinajstić information content (AvgIpc) is 1.70. The van der Waals surface area contributed by atoms with E-state index in [2.05, 4.69) is 22.6 Å². The van der Waals surface area contributed by atoms with Gasteiger partial charge in [0.15, 0.2) is 0 Å². The first-order valence-corrected chi connectivity index (χ1v) is 34.0. The summed E-state index contributed by atoms with van der Waals surface area (Å²) in [6, 6.07) is 0.358. The maximum atomic E-state index is 12.8. The number of ketones is 2. The molecular formula is C68H101ClN6O12. The Morgan fingerprint density at radius 3 is 1.45 bits per heavy atom. The molecule has 0 aromatic carbocycles. The Hall–Kier alpha value is -4.04. The molecule has 87 heavy (non-hydrogen) atoms. The largest absolute Gasteiger partial charge is 0.478 e. The minimum absolute atomic E-state index is 0. The molecule has 5 unspecified atom stereocenters. The first kappa shape index (κ1) is 64.5. The van der Waals surface area contributed by atoms with Crippen molar-refractivity contribution >= 4 is 53.4 Å². The van der Waals surface area contributed by atoms with Crippen molar-refractivity contribution in [1.82, 2.24) is 20.0 Å². The fourth-order valence-electron chi connectivity index (χ4n) is 20.7. The molecule has 482 valence electrons. The van der Waals surface area contributed by atoms with Gasteiger partial charge in [-0.3, -0.25) is 24.0 Å². The number of Topliss-reactive ketones (excluding diaryl/α,β-unsaturated/α-hetero) is 2. The van der Waals surface area contributed by atoms with E-state index in [1.165, 1.54) is 44.9 Å². The number of oxime groups is 1. The third-order valence-electron chi connectivity index (χ3n) is 25.0. The van der Waals surface area contributed by atoms with Gasteiger partial charge in [-0.1, -0.05) is 29.8 Å². The topological polar surface area (TPSA) is 240 Å². The van der Waals surface area contributed by atoms with Gasteiger partial charge < -0.3 is 55.0 Å². The van der Waals surface area contributed by atoms with Crippen molar-refractivity contribution in [3.8, 4) is 0 Å². The zero-order chi connectivity index (χ0) is 59.6. The van der Waals surface area contributed by atoms with Crippen LogP contribution in [0.3, 0.4) is 0 Å². The number of carboxylic acids is 1. The number of fused-ring (bicyclic) bond motifs is 12. The molecule has 4 saturated heterocycles. The number of carbonyl (C=O) groups is 6. The Bertz CT molecular complexity index is 2650. The summed E-state index contributed by atoms with van der Waals surface area (Å²) in [4.78, 5) is 80.2. The second-order valence-corrected chi connectivity index (χ2v) is 28.9. The highest BCUT2D eigenvalue weighted by atomic mass is 35.5. The maximum Gasteiger partial charge on any atom is 0.331 e. The minimum Gasteiger partial charge on any atom is -0.478 e. The van der Waals surface area contributed by atoms with Crippen LogP contribution in [0.2, 0.25) is 0 Å². The lowest BCUT2D eigenvalue weighted by Gasteiger charge is -2.48. The summed E-state index contributed by atoms with van der Waals surface area (Å²) < 4.78 is 21.0. The van der Waals surface area contributed by atoms with Crippen molar-refractivity contribution in [2.24, 2.45) is 85.8 Å². The number of hydrogen-bond donors (Lipinski definition) is 4. The van der Waals surface area contributed by atoms with E-state index in [1.54, 1.807) is 6.08 Å². The van der Waals surface area contributed by atoms with Gasteiger partial charge in [0.2, 0.25) is 17.7 Å². The smallest absolute Gasteiger partial charge is 0.331 e. The molecule has 4 spiro atoms. The zero-order valence-corrected chi connectivity index (χ0v) is 52.6. The number of nitrogens with two attached hydrogens (primary N) is 1. The van der Waals surface area contributed by atoms with Gasteiger partial charge in [0.1, 0.15) is 11.6 Å². The molecule has 0 aromatic heterocycles. The molecule has 16 aliphatic rings. The van der Waals surface area contributed by atoms with Gasteiger partial charge in [-0.15, -0.1) is 12.4 Å². The number of halogens is 1. The lowest BCUT2D eigenvalue weighted by molar-refractivity contribution is -0.143. The summed E-state index contributed by atoms with van der Waals surface area (Å²) >= 11 is 0. The molecule has 5 N–H and O–H groups in total. The van der Waals surface area contributed by atoms with Crippen LogP contribution in [0.15, 0.2) is 40.1 Å². The molecule has 16 rings (SSSR count). The second kappa shape index (κ2) is 27.8. The predicted molar refractivity (Wildman–Crippen MR) is 329 cm³/mol. The van der Waals surface area contributed by atoms with Gasteiger partial charge in [0.25, 0.3) is 0 Å². The van der Waals surface area contributed by atoms with Crippen molar-refractivity contribution in [1.29, 1.82) is 0 Å². The maximum absolute atomic E-state index is 12.8. The Kier molecular flexibility index (Phi) is 20.6. The quantitative estimate of drug-likeness (QED) is 0.154. The highest BCUT2D eigenvalue weighted by Gasteiger charge is 2.62. The number of allylic oxidation sites excluding steroid dienone is 3. The molecular weight excluding hydrogens is 1130 g/mol. The van der Waals surface area contributed by atoms with Crippen molar-refractivity contribution < 1.29 is 58.0 Å². The molecule has 13 fully saturated rings. The van der Waals surface area contributed by atoms with E-state index in [9.17, 15) is 34.0 Å². The molecule has 4 aliphatic heterocycles. The standard InChI is InChI=1S/C17H24N2O3.C17H28N2O2.C17H23NO3.C13H16O3.C4H9NO.ClH/c20-16(19-6-8-22-9-7-19)13-2-1-5-17(11-13)14-4-3-12(10-14)15(17)18-21;18-15-12-3-4-14(10-12)17(15)5-1-2-13(11-17)16(20)19-6-8-21-9-7-19;19-15-12-3-4-14(10-12)17(15)5-1-2-13(11-17)16(20)18-6-8-21-9-7-18;14-11-8-3-4-10(6-8)13(11)5-1-2-9(7-13)12(15)16;1-3-6-4-2-5-1;/h2,12,14,21H,1,3-11H2;12-15H,1-11,18H2;2,12,14H,1,3-11H2;2,8,10H,1,3-7H2,(H,15,16);5H,1-4H2;1H/b18-15-;;;;;/t12-,14+,17?;12-,13?,14+,15+,17?;12-,14+,17?;8-,10+,13?;;/m1111../s1. The third-order valence-corrected chi connectivity index (χ3v) is 25.0. The molecule has 4 heterocycles. The van der Waals surface area contributed by atoms with Gasteiger partial charge in [-0.05, 0) is 189 Å². The highest BCUT2D eigenvalue weighted by molar-refractivity contribution is 6.00. The molecule has 0 aromatic rings. The van der Waals surface area contributed by atoms with E-state index in [-0.39, 0.29) is 52.3 Å². The molecule has 0 radical (unpaired) electrons. The summed E-state index contributed by atoms with van der Waals surface area (Å²) in [7, 11) is 0. The van der Waals surface area contributed by atoms with Crippen molar-refractivity contribution in [3.63, 3.8) is 0 Å². The average molecular weight is 1230 g/mol. The zero-order valence-electron chi connectivity index (χ0n) is 51.7. The van der Waals surface area contributed by atoms with E-state index in [4.69, 9.17) is 29.8 Å². The number of aliphatic carboxylic acids is 1. The summed E-state index contributed by atoms with van der Waals surface area (Å²) in [5, 5.41) is 25.5. The second-order valence-electron chi connectivity index (χ2n) is 28.9. The van der Waals surface area contributed by atoms with Gasteiger partial charge in [0, 0.05) is 115 Å². The Balaban J connectivity index is 0.000000116. The normalized spacial score (nSPS) is 39.9. The summed E-state index contributed by atoms with van der Waals surface area (Å²) in [5.41, 5.74) is 9.69. The minimum atomic E-state index is -0.838. The van der Waals surface area contributed by atoms with E-state index in [0.29, 0.717) is 143 Å². The number of carboxylic acid groups (broad SMARTS) is 1. The summed E-state index contributed by atoms with van der Waals surface area (Å²) in [5.74, 6) is 5.08. The molecule has 19 heteroatoms. The van der Waals surface area contributed by atoms with Crippen LogP contribution in [0.25, 0.3) is 0 Å². The van der Waals surface area contributed by atoms with Crippen LogP contribution in [0.1, 0.15) is 161 Å². The van der Waals surface area contributed by atoms with Crippen LogP contribution >= 0.6 is 12.4 Å². The van der Waals surface area contributed by atoms with E-state index in [1.807, 2.05) is 14.7 Å². The number of nitrogens with one attached hydrogen (secondary N) is 1. The van der Waals surface area contributed by atoms with Crippen LogP contribution < -0.4 is 11.1 Å². The number of morpholine rings is 4. The van der Waals surface area contributed by atoms with Gasteiger partial charge in [0.05, 0.1) is 58.6 Å². The number of ether oxygens (including phenoxy) is 4.